The zero-order chi connectivity index (χ0) is 17.9. The van der Waals surface area contributed by atoms with Crippen molar-refractivity contribution in [2.45, 2.75) is 51.0 Å². The number of rotatable bonds is 4. The molecule has 0 amide bonds. The molecule has 2 aliphatic rings. The summed E-state index contributed by atoms with van der Waals surface area (Å²) in [5.41, 5.74) is 0.554. The quantitative estimate of drug-likeness (QED) is 0.778. The van der Waals surface area contributed by atoms with Gasteiger partial charge in [0.2, 0.25) is 0 Å². The molecule has 2 fully saturated rings. The second-order valence-corrected chi connectivity index (χ2v) is 6.98. The van der Waals surface area contributed by atoms with Crippen molar-refractivity contribution < 1.29 is 28.5 Å². The van der Waals surface area contributed by atoms with E-state index in [1.54, 1.807) is 19.2 Å². The Labute approximate surface area is 148 Å². The standard InChI is InChI=1S/C19H26O6/c1-19(2)24-15-10-9-13(12-23-18(21-3)16(15)25-19)11-22-17(20)14-7-5-4-6-8-14/h4-8,13,15-16,18H,9-12H2,1-3H3/t13-,15?,16?,18-/m1/s1. The number of hydrogen-bond acceptors (Lipinski definition) is 6. The molecule has 3 rings (SSSR count). The summed E-state index contributed by atoms with van der Waals surface area (Å²) in [7, 11) is 1.60. The van der Waals surface area contributed by atoms with Crippen LogP contribution in [0.15, 0.2) is 30.3 Å². The van der Waals surface area contributed by atoms with Gasteiger partial charge in [-0.1, -0.05) is 18.2 Å². The smallest absolute Gasteiger partial charge is 0.338 e. The lowest BCUT2D eigenvalue weighted by molar-refractivity contribution is -0.217. The Balaban J connectivity index is 1.57. The first-order chi connectivity index (χ1) is 12.0. The highest BCUT2D eigenvalue weighted by molar-refractivity contribution is 5.89. The summed E-state index contributed by atoms with van der Waals surface area (Å²) in [5.74, 6) is -0.862. The molecule has 25 heavy (non-hydrogen) atoms. The van der Waals surface area contributed by atoms with Gasteiger partial charge in [-0.15, -0.1) is 0 Å². The van der Waals surface area contributed by atoms with E-state index in [0.717, 1.165) is 12.8 Å². The van der Waals surface area contributed by atoms with Crippen molar-refractivity contribution in [3.05, 3.63) is 35.9 Å². The highest BCUT2D eigenvalue weighted by atomic mass is 16.8. The SMILES string of the molecule is CO[C@@H]1OC[C@@H](COC(=O)c2ccccc2)CCC2OC(C)(C)OC21. The highest BCUT2D eigenvalue weighted by Gasteiger charge is 2.47. The summed E-state index contributed by atoms with van der Waals surface area (Å²) in [6.45, 7) is 4.55. The third-order valence-electron chi connectivity index (χ3n) is 4.54. The predicted octanol–water partition coefficient (Wildman–Crippen LogP) is 2.76. The molecule has 0 spiro atoms. The topological polar surface area (TPSA) is 63.2 Å². The van der Waals surface area contributed by atoms with E-state index in [-0.39, 0.29) is 24.1 Å². The minimum Gasteiger partial charge on any atom is -0.462 e. The number of benzene rings is 1. The first-order valence-corrected chi connectivity index (χ1v) is 8.71. The molecule has 1 aromatic rings. The van der Waals surface area contributed by atoms with Gasteiger partial charge in [0.1, 0.15) is 6.10 Å². The fourth-order valence-corrected chi connectivity index (χ4v) is 3.31. The molecule has 4 atom stereocenters. The number of carbonyl (C=O) groups excluding carboxylic acids is 1. The first kappa shape index (κ1) is 18.3. The minimum absolute atomic E-state index is 0.0902. The summed E-state index contributed by atoms with van der Waals surface area (Å²) in [4.78, 5) is 12.1. The number of methoxy groups -OCH3 is 1. The molecule has 2 saturated heterocycles. The molecule has 2 aliphatic heterocycles. The minimum atomic E-state index is -0.644. The summed E-state index contributed by atoms with van der Waals surface area (Å²) in [6, 6.07) is 8.99. The fraction of sp³-hybridized carbons (Fsp3) is 0.632. The Kier molecular flexibility index (Phi) is 5.74. The second-order valence-electron chi connectivity index (χ2n) is 6.98. The maximum atomic E-state index is 12.1. The Bertz CT molecular complexity index is 573. The molecule has 0 saturated carbocycles. The van der Waals surface area contributed by atoms with Gasteiger partial charge >= 0.3 is 5.97 Å². The van der Waals surface area contributed by atoms with Gasteiger partial charge in [0.25, 0.3) is 0 Å². The van der Waals surface area contributed by atoms with Gasteiger partial charge in [-0.05, 0) is 38.8 Å². The largest absolute Gasteiger partial charge is 0.462 e. The Morgan fingerprint density at radius 1 is 1.20 bits per heavy atom. The summed E-state index contributed by atoms with van der Waals surface area (Å²) >= 11 is 0. The molecule has 0 aliphatic carbocycles. The average molecular weight is 350 g/mol. The molecule has 6 heteroatoms. The van der Waals surface area contributed by atoms with Gasteiger partial charge in [-0.3, -0.25) is 0 Å². The Morgan fingerprint density at radius 2 is 1.96 bits per heavy atom. The van der Waals surface area contributed by atoms with E-state index in [4.69, 9.17) is 23.7 Å². The van der Waals surface area contributed by atoms with Crippen molar-refractivity contribution >= 4 is 5.97 Å². The third-order valence-corrected chi connectivity index (χ3v) is 4.54. The van der Waals surface area contributed by atoms with E-state index in [2.05, 4.69) is 0 Å². The monoisotopic (exact) mass is 350 g/mol. The number of hydrogen-bond donors (Lipinski definition) is 0. The van der Waals surface area contributed by atoms with Crippen molar-refractivity contribution in [3.63, 3.8) is 0 Å². The van der Waals surface area contributed by atoms with E-state index < -0.39 is 12.1 Å². The maximum Gasteiger partial charge on any atom is 0.338 e. The molecule has 6 nitrogen and oxygen atoms in total. The molecule has 0 N–H and O–H groups in total. The van der Waals surface area contributed by atoms with Crippen LogP contribution in [0.4, 0.5) is 0 Å². The average Bonchev–Trinajstić information content (AvgIpc) is 2.90. The number of fused-ring (bicyclic) bond motifs is 1. The second kappa shape index (κ2) is 7.83. The van der Waals surface area contributed by atoms with Crippen molar-refractivity contribution in [3.8, 4) is 0 Å². The molecule has 2 unspecified atom stereocenters. The molecule has 138 valence electrons. The lowest BCUT2D eigenvalue weighted by Crippen LogP contribution is -2.42. The van der Waals surface area contributed by atoms with E-state index in [1.165, 1.54) is 0 Å². The van der Waals surface area contributed by atoms with Crippen molar-refractivity contribution in [1.29, 1.82) is 0 Å². The summed E-state index contributed by atoms with van der Waals surface area (Å²) in [5, 5.41) is 0. The van der Waals surface area contributed by atoms with Gasteiger partial charge < -0.3 is 23.7 Å². The molecule has 2 heterocycles. The van der Waals surface area contributed by atoms with Crippen molar-refractivity contribution in [2.24, 2.45) is 5.92 Å². The molecular weight excluding hydrogens is 324 g/mol. The summed E-state index contributed by atoms with van der Waals surface area (Å²) < 4.78 is 28.7. The lowest BCUT2D eigenvalue weighted by atomic mass is 9.98. The number of ether oxygens (including phenoxy) is 5. The van der Waals surface area contributed by atoms with Crippen LogP contribution in [-0.2, 0) is 23.7 Å². The molecule has 0 bridgehead atoms. The predicted molar refractivity (Wildman–Crippen MR) is 90.0 cm³/mol. The summed E-state index contributed by atoms with van der Waals surface area (Å²) in [6.07, 6.45) is 0.823. The van der Waals surface area contributed by atoms with Crippen molar-refractivity contribution in [1.82, 2.24) is 0 Å². The van der Waals surface area contributed by atoms with Crippen LogP contribution in [0, 0.1) is 5.92 Å². The van der Waals surface area contributed by atoms with Crippen LogP contribution in [0.3, 0.4) is 0 Å². The van der Waals surface area contributed by atoms with Crippen LogP contribution in [0.5, 0.6) is 0 Å². The molecule has 0 aromatic heterocycles. The van der Waals surface area contributed by atoms with Crippen molar-refractivity contribution in [2.75, 3.05) is 20.3 Å². The van der Waals surface area contributed by atoms with E-state index in [0.29, 0.717) is 18.8 Å². The molecular formula is C19H26O6. The normalized spacial score (nSPS) is 31.6. The Hall–Kier alpha value is -1.47. The van der Waals surface area contributed by atoms with Gasteiger partial charge in [0.15, 0.2) is 12.1 Å². The van der Waals surface area contributed by atoms with E-state index in [9.17, 15) is 4.79 Å². The van der Waals surface area contributed by atoms with Crippen LogP contribution in [-0.4, -0.2) is 50.6 Å². The van der Waals surface area contributed by atoms with E-state index in [1.807, 2.05) is 32.0 Å². The number of esters is 1. The van der Waals surface area contributed by atoms with Crippen LogP contribution >= 0.6 is 0 Å². The number of carbonyl (C=O) groups is 1. The van der Waals surface area contributed by atoms with Crippen LogP contribution in [0.25, 0.3) is 0 Å². The first-order valence-electron chi connectivity index (χ1n) is 8.71. The van der Waals surface area contributed by atoms with Gasteiger partial charge in [0.05, 0.1) is 24.9 Å². The maximum absolute atomic E-state index is 12.1. The van der Waals surface area contributed by atoms with Crippen LogP contribution in [0.2, 0.25) is 0 Å². The van der Waals surface area contributed by atoms with E-state index >= 15 is 0 Å². The fourth-order valence-electron chi connectivity index (χ4n) is 3.31. The van der Waals surface area contributed by atoms with Gasteiger partial charge in [-0.2, -0.15) is 0 Å². The molecule has 0 radical (unpaired) electrons. The highest BCUT2D eigenvalue weighted by Crippen LogP contribution is 2.35. The third kappa shape index (κ3) is 4.58. The van der Waals surface area contributed by atoms with Crippen LogP contribution in [0.1, 0.15) is 37.0 Å². The Morgan fingerprint density at radius 3 is 2.68 bits per heavy atom. The van der Waals surface area contributed by atoms with Gasteiger partial charge in [-0.25, -0.2) is 4.79 Å². The zero-order valence-electron chi connectivity index (χ0n) is 15.0. The lowest BCUT2D eigenvalue weighted by Gasteiger charge is -2.30. The molecule has 1 aromatic carbocycles. The van der Waals surface area contributed by atoms with Crippen LogP contribution < -0.4 is 0 Å². The zero-order valence-corrected chi connectivity index (χ0v) is 15.0. The van der Waals surface area contributed by atoms with Gasteiger partial charge in [0, 0.05) is 13.0 Å².